The molecular formula is C21H22N2O3. The van der Waals surface area contributed by atoms with Crippen molar-refractivity contribution in [3.8, 4) is 17.6 Å². The van der Waals surface area contributed by atoms with Crippen LogP contribution in [0.2, 0.25) is 0 Å². The largest absolute Gasteiger partial charge is 0.493 e. The van der Waals surface area contributed by atoms with Gasteiger partial charge in [-0.15, -0.1) is 0 Å². The molecule has 1 saturated carbocycles. The van der Waals surface area contributed by atoms with Crippen molar-refractivity contribution in [3.05, 3.63) is 57.5 Å². The summed E-state index contributed by atoms with van der Waals surface area (Å²) in [5.74, 6) is 1.93. The van der Waals surface area contributed by atoms with Crippen molar-refractivity contribution >= 4 is 11.8 Å². The van der Waals surface area contributed by atoms with Crippen molar-refractivity contribution < 1.29 is 9.47 Å². The van der Waals surface area contributed by atoms with Crippen LogP contribution in [0.15, 0.2) is 35.1 Å². The normalized spacial score (nSPS) is 14.0. The molecule has 3 rings (SSSR count). The van der Waals surface area contributed by atoms with E-state index in [9.17, 15) is 10.1 Å². The lowest BCUT2D eigenvalue weighted by Gasteiger charge is -2.13. The molecule has 0 radical (unpaired) electrons. The molecule has 5 nitrogen and oxygen atoms in total. The van der Waals surface area contributed by atoms with Crippen LogP contribution in [0.4, 0.5) is 0 Å². The van der Waals surface area contributed by atoms with Crippen LogP contribution < -0.4 is 14.9 Å². The molecule has 0 bridgehead atoms. The average molecular weight is 350 g/mol. The number of hydrogen-bond donors (Lipinski definition) is 0. The minimum absolute atomic E-state index is 0.0385. The number of aryl methyl sites for hydroxylation is 2. The molecule has 0 spiro atoms. The van der Waals surface area contributed by atoms with Crippen LogP contribution in [0, 0.1) is 31.1 Å². The highest BCUT2D eigenvalue weighted by Gasteiger charge is 2.22. The Morgan fingerprint density at radius 1 is 1.23 bits per heavy atom. The van der Waals surface area contributed by atoms with Gasteiger partial charge >= 0.3 is 0 Å². The standard InChI is InChI=1S/C21H22N2O3/c1-14-8-19(24)9-15(2)23(14)12-18(11-22)17-6-7-20(25-3)21(10-17)26-13-16-4-5-16/h6-10,12,16H,4-5,13H2,1-3H3. The maximum atomic E-state index is 11.6. The monoisotopic (exact) mass is 350 g/mol. The first-order valence-corrected chi connectivity index (χ1v) is 8.64. The number of nitriles is 1. The number of ether oxygens (including phenoxy) is 2. The molecule has 1 fully saturated rings. The number of rotatable bonds is 6. The van der Waals surface area contributed by atoms with Gasteiger partial charge in [-0.1, -0.05) is 0 Å². The Kier molecular flexibility index (Phi) is 5.13. The molecule has 0 unspecified atom stereocenters. The van der Waals surface area contributed by atoms with E-state index in [0.717, 1.165) is 17.0 Å². The molecule has 1 aliphatic rings. The fraction of sp³-hybridized carbons (Fsp3) is 0.333. The van der Waals surface area contributed by atoms with E-state index in [2.05, 4.69) is 6.07 Å². The van der Waals surface area contributed by atoms with Crippen molar-refractivity contribution in [3.63, 3.8) is 0 Å². The van der Waals surface area contributed by atoms with E-state index < -0.39 is 0 Å². The van der Waals surface area contributed by atoms with Gasteiger partial charge < -0.3 is 14.0 Å². The van der Waals surface area contributed by atoms with Crippen LogP contribution in [0.25, 0.3) is 11.8 Å². The van der Waals surface area contributed by atoms with Crippen LogP contribution in [-0.4, -0.2) is 18.3 Å². The second-order valence-corrected chi connectivity index (χ2v) is 6.62. The molecule has 0 atom stereocenters. The topological polar surface area (TPSA) is 64.2 Å². The second kappa shape index (κ2) is 7.49. The molecular weight excluding hydrogens is 328 g/mol. The molecule has 26 heavy (non-hydrogen) atoms. The second-order valence-electron chi connectivity index (χ2n) is 6.62. The molecule has 1 aliphatic carbocycles. The summed E-state index contributed by atoms with van der Waals surface area (Å²) >= 11 is 0. The summed E-state index contributed by atoms with van der Waals surface area (Å²) in [5, 5.41) is 9.66. The zero-order valence-corrected chi connectivity index (χ0v) is 15.3. The van der Waals surface area contributed by atoms with Gasteiger partial charge in [0.05, 0.1) is 19.3 Å². The highest BCUT2D eigenvalue weighted by Crippen LogP contribution is 2.34. The number of hydrogen-bond acceptors (Lipinski definition) is 4. The summed E-state index contributed by atoms with van der Waals surface area (Å²) in [6, 6.07) is 10.8. The van der Waals surface area contributed by atoms with Crippen LogP contribution >= 0.6 is 0 Å². The van der Waals surface area contributed by atoms with Crippen LogP contribution in [-0.2, 0) is 0 Å². The van der Waals surface area contributed by atoms with E-state index in [-0.39, 0.29) is 5.43 Å². The lowest BCUT2D eigenvalue weighted by atomic mass is 10.1. The summed E-state index contributed by atoms with van der Waals surface area (Å²) in [6.45, 7) is 4.36. The van der Waals surface area contributed by atoms with Crippen LogP contribution in [0.1, 0.15) is 29.8 Å². The molecule has 0 saturated heterocycles. The molecule has 0 N–H and O–H groups in total. The molecule has 1 aromatic carbocycles. The van der Waals surface area contributed by atoms with E-state index in [4.69, 9.17) is 9.47 Å². The van der Waals surface area contributed by atoms with Gasteiger partial charge in [0, 0.05) is 29.7 Å². The van der Waals surface area contributed by atoms with Crippen molar-refractivity contribution in [2.24, 2.45) is 5.92 Å². The van der Waals surface area contributed by atoms with Crippen molar-refractivity contribution in [1.29, 1.82) is 5.26 Å². The van der Waals surface area contributed by atoms with Gasteiger partial charge in [-0.25, -0.2) is 0 Å². The highest BCUT2D eigenvalue weighted by atomic mass is 16.5. The SMILES string of the molecule is COc1ccc(C(C#N)=Cn2c(C)cc(=O)cc2C)cc1OCC1CC1. The summed E-state index contributed by atoms with van der Waals surface area (Å²) in [4.78, 5) is 11.6. The fourth-order valence-electron chi connectivity index (χ4n) is 2.82. The molecule has 5 heteroatoms. The van der Waals surface area contributed by atoms with Gasteiger partial charge in [0.2, 0.25) is 0 Å². The Morgan fingerprint density at radius 2 is 1.92 bits per heavy atom. The van der Waals surface area contributed by atoms with E-state index in [1.807, 2.05) is 36.6 Å². The minimum atomic E-state index is -0.0385. The molecule has 134 valence electrons. The zero-order chi connectivity index (χ0) is 18.7. The third-order valence-electron chi connectivity index (χ3n) is 4.49. The van der Waals surface area contributed by atoms with Gasteiger partial charge in [0.15, 0.2) is 16.9 Å². The van der Waals surface area contributed by atoms with Crippen molar-refractivity contribution in [2.75, 3.05) is 13.7 Å². The molecule has 1 aromatic heterocycles. The van der Waals surface area contributed by atoms with E-state index in [1.54, 1.807) is 25.4 Å². The Morgan fingerprint density at radius 3 is 2.50 bits per heavy atom. The van der Waals surface area contributed by atoms with Crippen molar-refractivity contribution in [2.45, 2.75) is 26.7 Å². The van der Waals surface area contributed by atoms with E-state index in [0.29, 0.717) is 29.6 Å². The predicted octanol–water partition coefficient (Wildman–Crippen LogP) is 3.78. The third kappa shape index (κ3) is 3.97. The Labute approximate surface area is 153 Å². The minimum Gasteiger partial charge on any atom is -0.493 e. The van der Waals surface area contributed by atoms with Gasteiger partial charge in [-0.05, 0) is 56.4 Å². The third-order valence-corrected chi connectivity index (χ3v) is 4.49. The van der Waals surface area contributed by atoms with Gasteiger partial charge in [-0.3, -0.25) is 4.79 Å². The number of aromatic nitrogens is 1. The maximum Gasteiger partial charge on any atom is 0.182 e. The molecule has 1 heterocycles. The summed E-state index contributed by atoms with van der Waals surface area (Å²) in [7, 11) is 1.60. The summed E-state index contributed by atoms with van der Waals surface area (Å²) in [6.07, 6.45) is 4.16. The first-order valence-electron chi connectivity index (χ1n) is 8.64. The number of methoxy groups -OCH3 is 1. The number of nitrogens with zero attached hydrogens (tertiary/aromatic N) is 2. The average Bonchev–Trinajstić information content (AvgIpc) is 3.43. The molecule has 2 aromatic rings. The van der Waals surface area contributed by atoms with Gasteiger partial charge in [0.1, 0.15) is 6.07 Å². The quantitative estimate of drug-likeness (QED) is 0.744. The summed E-state index contributed by atoms with van der Waals surface area (Å²) < 4.78 is 13.1. The number of benzene rings is 1. The highest BCUT2D eigenvalue weighted by molar-refractivity contribution is 5.86. The van der Waals surface area contributed by atoms with Gasteiger partial charge in [0.25, 0.3) is 0 Å². The summed E-state index contributed by atoms with van der Waals surface area (Å²) in [5.41, 5.74) is 2.75. The Hall–Kier alpha value is -3.00. The first-order chi connectivity index (χ1) is 12.5. The first kappa shape index (κ1) is 17.8. The predicted molar refractivity (Wildman–Crippen MR) is 101 cm³/mol. The smallest absolute Gasteiger partial charge is 0.182 e. The Bertz CT molecular complexity index is 920. The number of allylic oxidation sites excluding steroid dienone is 1. The lowest BCUT2D eigenvalue weighted by molar-refractivity contribution is 0.280. The maximum absolute atomic E-state index is 11.6. The van der Waals surface area contributed by atoms with Crippen LogP contribution in [0.3, 0.4) is 0 Å². The zero-order valence-electron chi connectivity index (χ0n) is 15.3. The van der Waals surface area contributed by atoms with Crippen molar-refractivity contribution in [1.82, 2.24) is 4.57 Å². The molecule has 0 amide bonds. The fourth-order valence-corrected chi connectivity index (χ4v) is 2.82. The van der Waals surface area contributed by atoms with Crippen LogP contribution in [0.5, 0.6) is 11.5 Å². The van der Waals surface area contributed by atoms with Gasteiger partial charge in [-0.2, -0.15) is 5.26 Å². The lowest BCUT2D eigenvalue weighted by Crippen LogP contribution is -2.09. The van der Waals surface area contributed by atoms with E-state index >= 15 is 0 Å². The Balaban J connectivity index is 1.98. The van der Waals surface area contributed by atoms with E-state index in [1.165, 1.54) is 12.8 Å². The number of pyridine rings is 1. The molecule has 0 aliphatic heterocycles.